The van der Waals surface area contributed by atoms with Crippen LogP contribution in [-0.4, -0.2) is 17.6 Å². The molecular formula is C14H9NO2. The van der Waals surface area contributed by atoms with Crippen molar-refractivity contribution in [3.8, 4) is 0 Å². The lowest BCUT2D eigenvalue weighted by molar-refractivity contribution is 0.111. The Bertz CT molecular complexity index is 678. The molecule has 0 spiro atoms. The lowest BCUT2D eigenvalue weighted by Gasteiger charge is -1.94. The molecule has 3 heteroatoms. The predicted octanol–water partition coefficient (Wildman–Crippen LogP) is 2.95. The van der Waals surface area contributed by atoms with Crippen LogP contribution in [0, 0.1) is 0 Å². The van der Waals surface area contributed by atoms with E-state index >= 15 is 0 Å². The van der Waals surface area contributed by atoms with Crippen molar-refractivity contribution in [2.45, 2.75) is 0 Å². The number of carbonyl (C=O) groups is 2. The number of nitrogens with one attached hydrogen (secondary N) is 1. The first-order valence-electron chi connectivity index (χ1n) is 5.27. The molecule has 0 amide bonds. The van der Waals surface area contributed by atoms with Gasteiger partial charge in [0, 0.05) is 32.9 Å². The van der Waals surface area contributed by atoms with Gasteiger partial charge in [-0.05, 0) is 36.4 Å². The monoisotopic (exact) mass is 223 g/mol. The Balaban J connectivity index is 2.45. The minimum absolute atomic E-state index is 0.634. The number of fused-ring (bicyclic) bond motifs is 3. The Hall–Kier alpha value is -2.42. The summed E-state index contributed by atoms with van der Waals surface area (Å²) in [6.07, 6.45) is 1.64. The molecule has 0 saturated heterocycles. The normalized spacial score (nSPS) is 10.8. The van der Waals surface area contributed by atoms with Crippen molar-refractivity contribution in [1.82, 2.24) is 4.98 Å². The van der Waals surface area contributed by atoms with Crippen molar-refractivity contribution in [1.29, 1.82) is 0 Å². The number of aldehydes is 2. The van der Waals surface area contributed by atoms with Crippen LogP contribution in [0.25, 0.3) is 21.8 Å². The summed E-state index contributed by atoms with van der Waals surface area (Å²) >= 11 is 0. The first kappa shape index (κ1) is 9.78. The Kier molecular flexibility index (Phi) is 2.05. The van der Waals surface area contributed by atoms with Gasteiger partial charge in [0.15, 0.2) is 0 Å². The summed E-state index contributed by atoms with van der Waals surface area (Å²) in [5.41, 5.74) is 3.20. The molecular weight excluding hydrogens is 214 g/mol. The quantitative estimate of drug-likeness (QED) is 0.679. The topological polar surface area (TPSA) is 49.9 Å². The van der Waals surface area contributed by atoms with Gasteiger partial charge in [0.25, 0.3) is 0 Å². The van der Waals surface area contributed by atoms with Gasteiger partial charge in [-0.3, -0.25) is 9.59 Å². The largest absolute Gasteiger partial charge is 0.355 e. The fourth-order valence-corrected chi connectivity index (χ4v) is 2.08. The molecule has 2 aromatic carbocycles. The molecule has 0 radical (unpaired) electrons. The summed E-state index contributed by atoms with van der Waals surface area (Å²) < 4.78 is 0. The van der Waals surface area contributed by atoms with Gasteiger partial charge in [-0.1, -0.05) is 0 Å². The summed E-state index contributed by atoms with van der Waals surface area (Å²) in [5.74, 6) is 0. The number of benzene rings is 2. The van der Waals surface area contributed by atoms with E-state index in [-0.39, 0.29) is 0 Å². The van der Waals surface area contributed by atoms with E-state index in [0.717, 1.165) is 34.4 Å². The third kappa shape index (κ3) is 1.44. The summed E-state index contributed by atoms with van der Waals surface area (Å²) in [5, 5.41) is 1.93. The zero-order valence-electron chi connectivity index (χ0n) is 8.94. The number of H-pyrrole nitrogens is 1. The molecule has 0 fully saturated rings. The standard InChI is InChI=1S/C14H9NO2/c16-7-9-1-3-13-11(5-9)12-6-10(8-17)2-4-14(12)15-13/h1-8,15H. The number of hydrogen-bond donors (Lipinski definition) is 1. The highest BCUT2D eigenvalue weighted by molar-refractivity contribution is 6.09. The second-order valence-corrected chi connectivity index (χ2v) is 3.97. The van der Waals surface area contributed by atoms with Crippen molar-refractivity contribution in [2.75, 3.05) is 0 Å². The summed E-state index contributed by atoms with van der Waals surface area (Å²) in [4.78, 5) is 24.8. The molecule has 0 aliphatic rings. The summed E-state index contributed by atoms with van der Waals surface area (Å²) in [6, 6.07) is 10.9. The van der Waals surface area contributed by atoms with Crippen molar-refractivity contribution >= 4 is 34.4 Å². The van der Waals surface area contributed by atoms with Gasteiger partial charge in [-0.2, -0.15) is 0 Å². The van der Waals surface area contributed by atoms with E-state index in [0.29, 0.717) is 11.1 Å². The van der Waals surface area contributed by atoms with Crippen molar-refractivity contribution in [3.63, 3.8) is 0 Å². The maximum absolute atomic E-state index is 10.8. The molecule has 82 valence electrons. The highest BCUT2D eigenvalue weighted by Gasteiger charge is 2.05. The predicted molar refractivity (Wildman–Crippen MR) is 66.6 cm³/mol. The SMILES string of the molecule is O=Cc1ccc2[nH]c3ccc(C=O)cc3c2c1. The van der Waals surface area contributed by atoms with E-state index < -0.39 is 0 Å². The molecule has 1 heterocycles. The summed E-state index contributed by atoms with van der Waals surface area (Å²) in [7, 11) is 0. The molecule has 1 aromatic heterocycles. The molecule has 0 aliphatic carbocycles. The Morgan fingerprint density at radius 3 is 1.65 bits per heavy atom. The molecule has 3 aromatic rings. The number of aromatic nitrogens is 1. The number of carbonyl (C=O) groups excluding carboxylic acids is 2. The Morgan fingerprint density at radius 2 is 1.24 bits per heavy atom. The molecule has 0 bridgehead atoms. The van der Waals surface area contributed by atoms with Crippen molar-refractivity contribution in [3.05, 3.63) is 47.5 Å². The van der Waals surface area contributed by atoms with Crippen LogP contribution < -0.4 is 0 Å². The molecule has 0 atom stereocenters. The average Bonchev–Trinajstić information content (AvgIpc) is 2.75. The second kappa shape index (κ2) is 3.56. The van der Waals surface area contributed by atoms with Crippen molar-refractivity contribution in [2.24, 2.45) is 0 Å². The zero-order valence-corrected chi connectivity index (χ0v) is 8.94. The van der Waals surface area contributed by atoms with Crippen LogP contribution in [-0.2, 0) is 0 Å². The first-order valence-corrected chi connectivity index (χ1v) is 5.27. The summed E-state index contributed by atoms with van der Waals surface area (Å²) in [6.45, 7) is 0. The van der Waals surface area contributed by atoms with Gasteiger partial charge in [0.1, 0.15) is 12.6 Å². The van der Waals surface area contributed by atoms with Crippen molar-refractivity contribution < 1.29 is 9.59 Å². The van der Waals surface area contributed by atoms with Crippen LogP contribution in [0.2, 0.25) is 0 Å². The van der Waals surface area contributed by atoms with E-state index in [9.17, 15) is 9.59 Å². The maximum atomic E-state index is 10.8. The molecule has 3 rings (SSSR count). The fraction of sp³-hybridized carbons (Fsp3) is 0. The van der Waals surface area contributed by atoms with Crippen LogP contribution in [0.1, 0.15) is 20.7 Å². The minimum Gasteiger partial charge on any atom is -0.355 e. The average molecular weight is 223 g/mol. The van der Waals surface area contributed by atoms with Gasteiger partial charge in [-0.25, -0.2) is 0 Å². The van der Waals surface area contributed by atoms with Crippen LogP contribution in [0.5, 0.6) is 0 Å². The first-order chi connectivity index (χ1) is 8.31. The Morgan fingerprint density at radius 1 is 0.765 bits per heavy atom. The van der Waals surface area contributed by atoms with Crippen LogP contribution in [0.15, 0.2) is 36.4 Å². The van der Waals surface area contributed by atoms with E-state index in [2.05, 4.69) is 4.98 Å². The van der Waals surface area contributed by atoms with Crippen LogP contribution in [0.4, 0.5) is 0 Å². The molecule has 0 aliphatic heterocycles. The number of rotatable bonds is 2. The second-order valence-electron chi connectivity index (χ2n) is 3.97. The highest BCUT2D eigenvalue weighted by Crippen LogP contribution is 2.26. The van der Waals surface area contributed by atoms with Crippen LogP contribution >= 0.6 is 0 Å². The molecule has 0 saturated carbocycles. The van der Waals surface area contributed by atoms with Gasteiger partial charge < -0.3 is 4.98 Å². The van der Waals surface area contributed by atoms with Crippen LogP contribution in [0.3, 0.4) is 0 Å². The molecule has 17 heavy (non-hydrogen) atoms. The smallest absolute Gasteiger partial charge is 0.150 e. The zero-order chi connectivity index (χ0) is 11.8. The lowest BCUT2D eigenvalue weighted by atomic mass is 10.1. The lowest BCUT2D eigenvalue weighted by Crippen LogP contribution is -1.79. The maximum Gasteiger partial charge on any atom is 0.150 e. The highest BCUT2D eigenvalue weighted by atomic mass is 16.1. The van der Waals surface area contributed by atoms with Gasteiger partial charge in [0.05, 0.1) is 0 Å². The van der Waals surface area contributed by atoms with Gasteiger partial charge in [-0.15, -0.1) is 0 Å². The van der Waals surface area contributed by atoms with E-state index in [1.807, 2.05) is 24.3 Å². The molecule has 3 nitrogen and oxygen atoms in total. The molecule has 1 N–H and O–H groups in total. The minimum atomic E-state index is 0.634. The van der Waals surface area contributed by atoms with E-state index in [1.165, 1.54) is 0 Å². The number of hydrogen-bond acceptors (Lipinski definition) is 2. The van der Waals surface area contributed by atoms with Gasteiger partial charge >= 0.3 is 0 Å². The van der Waals surface area contributed by atoms with E-state index in [4.69, 9.17) is 0 Å². The van der Waals surface area contributed by atoms with E-state index in [1.54, 1.807) is 12.1 Å². The van der Waals surface area contributed by atoms with Gasteiger partial charge in [0.2, 0.25) is 0 Å². The fourth-order valence-electron chi connectivity index (χ4n) is 2.08. The molecule has 0 unspecified atom stereocenters. The number of aromatic amines is 1. The third-order valence-electron chi connectivity index (χ3n) is 2.92. The Labute approximate surface area is 97.1 Å². The third-order valence-corrected chi connectivity index (χ3v) is 2.92.